The van der Waals surface area contributed by atoms with E-state index in [4.69, 9.17) is 11.6 Å². The van der Waals surface area contributed by atoms with E-state index < -0.39 is 0 Å². The van der Waals surface area contributed by atoms with Gasteiger partial charge in [0.1, 0.15) is 0 Å². The first-order valence-corrected chi connectivity index (χ1v) is 12.8. The van der Waals surface area contributed by atoms with Gasteiger partial charge in [-0.05, 0) is 54.7 Å². The van der Waals surface area contributed by atoms with Crippen LogP contribution < -0.4 is 5.30 Å². The molecule has 0 radical (unpaired) electrons. The second-order valence-electron chi connectivity index (χ2n) is 9.39. The Morgan fingerprint density at radius 3 is 2.15 bits per heavy atom. The van der Waals surface area contributed by atoms with Crippen LogP contribution in [0, 0.1) is 0 Å². The zero-order valence-electron chi connectivity index (χ0n) is 20.5. The summed E-state index contributed by atoms with van der Waals surface area (Å²) in [6.45, 7) is 17.6. The van der Waals surface area contributed by atoms with E-state index in [0.29, 0.717) is 0 Å². The molecule has 2 unspecified atom stereocenters. The van der Waals surface area contributed by atoms with Gasteiger partial charge < -0.3 is 14.7 Å². The minimum Gasteiger partial charge on any atom is -0.369 e. The van der Waals surface area contributed by atoms with E-state index >= 15 is 0 Å². The van der Waals surface area contributed by atoms with E-state index in [9.17, 15) is 0 Å². The molecule has 0 aromatic heterocycles. The van der Waals surface area contributed by atoms with Crippen molar-refractivity contribution in [2.24, 2.45) is 0 Å². The lowest BCUT2D eigenvalue weighted by molar-refractivity contribution is 0.188. The Kier molecular flexibility index (Phi) is 7.67. The van der Waals surface area contributed by atoms with Gasteiger partial charge in [0.25, 0.3) is 0 Å². The molecule has 1 fully saturated rings. The van der Waals surface area contributed by atoms with Crippen LogP contribution in [-0.2, 0) is 0 Å². The minimum absolute atomic E-state index is 0.0829. The number of likely N-dealkylation sites (N-methyl/N-ethyl adjacent to an activating group) is 1. The van der Waals surface area contributed by atoms with Crippen LogP contribution in [0.1, 0.15) is 36.9 Å². The van der Waals surface area contributed by atoms with Gasteiger partial charge in [-0.15, -0.1) is 9.24 Å². The molecule has 0 N–H and O–H groups in total. The summed E-state index contributed by atoms with van der Waals surface area (Å²) < 4.78 is 0. The molecule has 0 spiro atoms. The number of hydrogen-bond acceptors (Lipinski definition) is 3. The first-order chi connectivity index (χ1) is 16.3. The normalized spacial score (nSPS) is 18.9. The number of nitrogens with zero attached hydrogens (tertiary/aromatic N) is 3. The summed E-state index contributed by atoms with van der Waals surface area (Å²) in [4.78, 5) is 7.15. The van der Waals surface area contributed by atoms with Gasteiger partial charge in [-0.1, -0.05) is 68.1 Å². The van der Waals surface area contributed by atoms with E-state index in [1.807, 2.05) is 12.1 Å². The summed E-state index contributed by atoms with van der Waals surface area (Å²) in [7, 11) is 4.96. The Hall–Kier alpha value is -2.32. The summed E-state index contributed by atoms with van der Waals surface area (Å²) >= 11 is 6.20. The molecule has 178 valence electrons. The largest absolute Gasteiger partial charge is 0.369 e. The van der Waals surface area contributed by atoms with Crippen LogP contribution in [0.4, 0.5) is 0 Å². The molecular weight excluding hydrogens is 457 g/mol. The summed E-state index contributed by atoms with van der Waals surface area (Å²) in [5.41, 5.74) is 6.87. The van der Waals surface area contributed by atoms with Crippen molar-refractivity contribution in [3.8, 4) is 0 Å². The lowest BCUT2D eigenvalue weighted by atomic mass is 9.85. The average Bonchev–Trinajstić information content (AvgIpc) is 2.83. The lowest BCUT2D eigenvalue weighted by Gasteiger charge is -2.43. The molecule has 2 aliphatic rings. The van der Waals surface area contributed by atoms with Crippen molar-refractivity contribution in [1.29, 1.82) is 0 Å². The van der Waals surface area contributed by atoms with Gasteiger partial charge in [-0.3, -0.25) is 0 Å². The van der Waals surface area contributed by atoms with Gasteiger partial charge in [0.15, 0.2) is 0 Å². The van der Waals surface area contributed by atoms with Gasteiger partial charge in [0.2, 0.25) is 0 Å². The highest BCUT2D eigenvalue weighted by atomic mass is 35.5. The molecule has 4 rings (SSSR count). The maximum Gasteiger partial charge on any atom is 0.0654 e. The van der Waals surface area contributed by atoms with E-state index in [1.165, 1.54) is 22.1 Å². The topological polar surface area (TPSA) is 9.72 Å². The van der Waals surface area contributed by atoms with Gasteiger partial charge in [-0.2, -0.15) is 0 Å². The van der Waals surface area contributed by atoms with Gasteiger partial charge in [0, 0.05) is 59.8 Å². The Labute approximate surface area is 212 Å². The third-order valence-corrected chi connectivity index (χ3v) is 7.73. The smallest absolute Gasteiger partial charge is 0.0654 e. The van der Waals surface area contributed by atoms with Crippen molar-refractivity contribution in [3.63, 3.8) is 0 Å². The molecule has 34 heavy (non-hydrogen) atoms. The first-order valence-electron chi connectivity index (χ1n) is 11.9. The highest BCUT2D eigenvalue weighted by Gasteiger charge is 2.33. The molecule has 2 heterocycles. The van der Waals surface area contributed by atoms with E-state index in [0.717, 1.165) is 48.2 Å². The number of rotatable bonds is 6. The van der Waals surface area contributed by atoms with E-state index in [-0.39, 0.29) is 12.0 Å². The standard InChI is InChI=1S/C29H35ClN3P/c1-20-6-15-28(22(3)32-18-16-31(5)17-19-32)23(4)33(20)29(25-9-13-27(34)14-10-25)21(2)24-7-11-26(30)12-8-24/h6-15,21,29H,3-4,16-19,34H2,1-2,5H3/t21?,29-/m1/s1. The van der Waals surface area contributed by atoms with Gasteiger partial charge >= 0.3 is 0 Å². The molecule has 2 aromatic carbocycles. The van der Waals surface area contributed by atoms with Crippen LogP contribution >= 0.6 is 20.8 Å². The highest BCUT2D eigenvalue weighted by Crippen LogP contribution is 2.43. The zero-order valence-corrected chi connectivity index (χ0v) is 22.4. The van der Waals surface area contributed by atoms with Crippen LogP contribution in [0.5, 0.6) is 0 Å². The number of benzene rings is 2. The molecular formula is C29H35ClN3P. The quantitative estimate of drug-likeness (QED) is 0.452. The van der Waals surface area contributed by atoms with Crippen molar-refractivity contribution < 1.29 is 0 Å². The number of halogens is 1. The zero-order chi connectivity index (χ0) is 24.4. The fourth-order valence-corrected chi connectivity index (χ4v) is 5.24. The Bertz CT molecular complexity index is 1110. The third-order valence-electron chi connectivity index (χ3n) is 7.09. The SMILES string of the molecule is C=C(C1=CC=C(C)N([C@@H](c2ccc(P)cc2)C(C)c2ccc(Cl)cc2)C1=C)N1CCN(C)CC1. The predicted molar refractivity (Wildman–Crippen MR) is 149 cm³/mol. The van der Waals surface area contributed by atoms with Crippen LogP contribution in [0.15, 0.2) is 96.5 Å². The second-order valence-corrected chi connectivity index (χ2v) is 10.5. The van der Waals surface area contributed by atoms with Crippen LogP contribution in [-0.4, -0.2) is 47.9 Å². The van der Waals surface area contributed by atoms with Gasteiger partial charge in [0.05, 0.1) is 6.04 Å². The molecule has 2 aromatic rings. The summed E-state index contributed by atoms with van der Waals surface area (Å²) in [5, 5.41) is 1.93. The predicted octanol–water partition coefficient (Wildman–Crippen LogP) is 6.11. The van der Waals surface area contributed by atoms with Crippen LogP contribution in [0.2, 0.25) is 5.02 Å². The Balaban J connectivity index is 1.70. The van der Waals surface area contributed by atoms with Crippen LogP contribution in [0.25, 0.3) is 0 Å². The second kappa shape index (κ2) is 10.5. The van der Waals surface area contributed by atoms with Crippen molar-refractivity contribution in [2.75, 3.05) is 33.2 Å². The Morgan fingerprint density at radius 1 is 0.941 bits per heavy atom. The molecule has 3 nitrogen and oxygen atoms in total. The van der Waals surface area contributed by atoms with E-state index in [2.05, 4.69) is 107 Å². The van der Waals surface area contributed by atoms with Crippen molar-refractivity contribution in [1.82, 2.24) is 14.7 Å². The monoisotopic (exact) mass is 491 g/mol. The average molecular weight is 492 g/mol. The minimum atomic E-state index is 0.0829. The Morgan fingerprint density at radius 2 is 1.53 bits per heavy atom. The number of hydrogen-bond donors (Lipinski definition) is 0. The van der Waals surface area contributed by atoms with E-state index in [1.54, 1.807) is 0 Å². The molecule has 1 saturated heterocycles. The van der Waals surface area contributed by atoms with Crippen molar-refractivity contribution in [3.05, 3.63) is 113 Å². The maximum atomic E-state index is 6.20. The van der Waals surface area contributed by atoms with Crippen LogP contribution in [0.3, 0.4) is 0 Å². The highest BCUT2D eigenvalue weighted by molar-refractivity contribution is 7.27. The fourth-order valence-electron chi connectivity index (χ4n) is 4.92. The van der Waals surface area contributed by atoms with Gasteiger partial charge in [-0.25, -0.2) is 0 Å². The molecule has 0 saturated carbocycles. The molecule has 0 amide bonds. The third kappa shape index (κ3) is 5.18. The fraction of sp³-hybridized carbons (Fsp3) is 0.310. The lowest BCUT2D eigenvalue weighted by Crippen LogP contribution is -2.44. The summed E-state index contributed by atoms with van der Waals surface area (Å²) in [6.07, 6.45) is 4.39. The number of allylic oxidation sites excluding steroid dienone is 3. The number of piperazine rings is 1. The van der Waals surface area contributed by atoms with Crippen molar-refractivity contribution >= 4 is 26.1 Å². The molecule has 0 bridgehead atoms. The molecule has 5 heteroatoms. The summed E-state index contributed by atoms with van der Waals surface area (Å²) in [5.74, 6) is 0.212. The molecule has 0 aliphatic carbocycles. The summed E-state index contributed by atoms with van der Waals surface area (Å²) in [6, 6.07) is 17.1. The molecule has 3 atom stereocenters. The van der Waals surface area contributed by atoms with Crippen molar-refractivity contribution in [2.45, 2.75) is 25.8 Å². The molecule has 2 aliphatic heterocycles. The first kappa shape index (κ1) is 24.8. The maximum absolute atomic E-state index is 6.20.